The van der Waals surface area contributed by atoms with Crippen LogP contribution in [0.3, 0.4) is 0 Å². The lowest BCUT2D eigenvalue weighted by atomic mass is 9.77. The number of allylic oxidation sites excluding steroid dienone is 4. The van der Waals surface area contributed by atoms with Crippen molar-refractivity contribution in [2.45, 2.75) is 63.2 Å². The van der Waals surface area contributed by atoms with Gasteiger partial charge >= 0.3 is 0 Å². The van der Waals surface area contributed by atoms with Gasteiger partial charge in [-0.2, -0.15) is 0 Å². The third-order valence-electron chi connectivity index (χ3n) is 6.24. The quantitative estimate of drug-likeness (QED) is 0.651. The highest BCUT2D eigenvalue weighted by Gasteiger charge is 2.43. The molecule has 1 aromatic carbocycles. The summed E-state index contributed by atoms with van der Waals surface area (Å²) in [5, 5.41) is 0. The van der Waals surface area contributed by atoms with Crippen molar-refractivity contribution in [3.8, 4) is 0 Å². The van der Waals surface area contributed by atoms with E-state index in [2.05, 4.69) is 38.2 Å². The maximum Gasteiger partial charge on any atom is 0.00328 e. The number of fused-ring (bicyclic) bond motifs is 10. The van der Waals surface area contributed by atoms with E-state index >= 15 is 0 Å². The van der Waals surface area contributed by atoms with Crippen molar-refractivity contribution < 1.29 is 0 Å². The van der Waals surface area contributed by atoms with Crippen LogP contribution in [0.25, 0.3) is 0 Å². The summed E-state index contributed by atoms with van der Waals surface area (Å²) in [7, 11) is 0. The van der Waals surface area contributed by atoms with E-state index in [-0.39, 0.29) is 0 Å². The molecule has 0 radical (unpaired) electrons. The molecule has 102 valence electrons. The Hall–Kier alpha value is -1.30. The van der Waals surface area contributed by atoms with Crippen molar-refractivity contribution in [2.75, 3.05) is 0 Å². The predicted octanol–water partition coefficient (Wildman–Crippen LogP) is 5.09. The Balaban J connectivity index is 1.89. The van der Waals surface area contributed by atoms with Gasteiger partial charge in [0.1, 0.15) is 0 Å². The van der Waals surface area contributed by atoms with E-state index in [1.54, 1.807) is 33.4 Å². The molecular weight excluding hydrogens is 240 g/mol. The monoisotopic (exact) mass is 262 g/mol. The fourth-order valence-corrected chi connectivity index (χ4v) is 5.65. The summed E-state index contributed by atoms with van der Waals surface area (Å²) in [6.07, 6.45) is 15.1. The van der Waals surface area contributed by atoms with Crippen LogP contribution in [-0.2, 0) is 12.8 Å². The minimum absolute atomic E-state index is 0.739. The molecule has 0 N–H and O–H groups in total. The summed E-state index contributed by atoms with van der Waals surface area (Å²) in [5.74, 6) is 2.96. The van der Waals surface area contributed by atoms with Crippen molar-refractivity contribution in [2.24, 2.45) is 0 Å². The molecule has 0 nitrogen and oxygen atoms in total. The molecule has 1 aromatic rings. The van der Waals surface area contributed by atoms with Crippen molar-refractivity contribution in [3.05, 3.63) is 57.7 Å². The second-order valence-electron chi connectivity index (χ2n) is 6.99. The topological polar surface area (TPSA) is 0 Å². The van der Waals surface area contributed by atoms with Gasteiger partial charge in [0.25, 0.3) is 0 Å². The predicted molar refractivity (Wildman–Crippen MR) is 83.7 cm³/mol. The molecule has 20 heavy (non-hydrogen) atoms. The highest BCUT2D eigenvalue weighted by molar-refractivity contribution is 5.66. The van der Waals surface area contributed by atoms with E-state index in [4.69, 9.17) is 0 Å². The van der Waals surface area contributed by atoms with Crippen LogP contribution in [0.4, 0.5) is 0 Å². The van der Waals surface area contributed by atoms with Gasteiger partial charge in [-0.25, -0.2) is 0 Å². The zero-order valence-corrected chi connectivity index (χ0v) is 12.4. The lowest BCUT2D eigenvalue weighted by Gasteiger charge is -2.27. The molecule has 0 saturated heterocycles. The van der Waals surface area contributed by atoms with Crippen molar-refractivity contribution in [3.63, 3.8) is 0 Å². The van der Waals surface area contributed by atoms with E-state index in [0.29, 0.717) is 0 Å². The zero-order valence-electron chi connectivity index (χ0n) is 12.4. The third-order valence-corrected chi connectivity index (χ3v) is 6.24. The first-order valence-electron chi connectivity index (χ1n) is 8.41. The van der Waals surface area contributed by atoms with Crippen LogP contribution < -0.4 is 0 Å². The van der Waals surface area contributed by atoms with Crippen LogP contribution in [0, 0.1) is 0 Å². The zero-order chi connectivity index (χ0) is 13.4. The summed E-state index contributed by atoms with van der Waals surface area (Å²) in [6.45, 7) is 4.74. The first kappa shape index (κ1) is 11.4. The Labute approximate surface area is 121 Å². The van der Waals surface area contributed by atoms with Gasteiger partial charge in [-0.3, -0.25) is 0 Å². The summed E-state index contributed by atoms with van der Waals surface area (Å²) < 4.78 is 0. The second kappa shape index (κ2) is 3.67. The Kier molecular flexibility index (Phi) is 2.08. The van der Waals surface area contributed by atoms with Crippen LogP contribution in [-0.4, -0.2) is 0 Å². The van der Waals surface area contributed by atoms with Crippen molar-refractivity contribution >= 4 is 0 Å². The highest BCUT2D eigenvalue weighted by Crippen LogP contribution is 2.59. The first-order chi connectivity index (χ1) is 9.83. The number of hydrogen-bond donors (Lipinski definition) is 0. The van der Waals surface area contributed by atoms with Gasteiger partial charge in [0.2, 0.25) is 0 Å². The molecule has 0 heterocycles. The van der Waals surface area contributed by atoms with Crippen LogP contribution in [0.1, 0.15) is 83.7 Å². The van der Waals surface area contributed by atoms with Gasteiger partial charge in [0.05, 0.1) is 0 Å². The lowest BCUT2D eigenvalue weighted by Crippen LogP contribution is -2.12. The maximum absolute atomic E-state index is 2.49. The molecule has 4 aliphatic rings. The van der Waals surface area contributed by atoms with Crippen LogP contribution >= 0.6 is 0 Å². The van der Waals surface area contributed by atoms with Gasteiger partial charge in [-0.05, 0) is 59.1 Å². The first-order valence-corrected chi connectivity index (χ1v) is 8.41. The highest BCUT2D eigenvalue weighted by atomic mass is 14.5. The van der Waals surface area contributed by atoms with Crippen LogP contribution in [0.5, 0.6) is 0 Å². The van der Waals surface area contributed by atoms with Crippen molar-refractivity contribution in [1.82, 2.24) is 0 Å². The molecule has 4 bridgehead atoms. The molecule has 4 aliphatic carbocycles. The number of hydrogen-bond acceptors (Lipinski definition) is 0. The standard InChI is InChI=1S/C20H22/c1-3-15-17-11-5-7-13(9-11)19(17)16(4-2)20-14-8-6-12(10-14)18(15)20/h5-8,11-14H,3-4,9-10H2,1-2H3/t11-,12+,13+,14-. The summed E-state index contributed by atoms with van der Waals surface area (Å²) in [4.78, 5) is 0. The number of benzene rings is 1. The van der Waals surface area contributed by atoms with E-state index in [0.717, 1.165) is 23.7 Å². The van der Waals surface area contributed by atoms with Gasteiger partial charge < -0.3 is 0 Å². The second-order valence-corrected chi connectivity index (χ2v) is 6.99. The molecule has 0 saturated carbocycles. The van der Waals surface area contributed by atoms with Crippen molar-refractivity contribution in [1.29, 1.82) is 0 Å². The summed E-state index contributed by atoms with van der Waals surface area (Å²) in [5.41, 5.74) is 10.5. The molecule has 0 heteroatoms. The molecule has 0 amide bonds. The van der Waals surface area contributed by atoms with Gasteiger partial charge in [0.15, 0.2) is 0 Å². The Morgan fingerprint density at radius 3 is 1.20 bits per heavy atom. The normalized spacial score (nSPS) is 34.1. The Morgan fingerprint density at radius 1 is 0.650 bits per heavy atom. The van der Waals surface area contributed by atoms with Crippen LogP contribution in [0.15, 0.2) is 24.3 Å². The molecule has 4 atom stereocenters. The average Bonchev–Trinajstić information content (AvgIpc) is 3.23. The fraction of sp³-hybridized carbons (Fsp3) is 0.500. The maximum atomic E-state index is 2.49. The minimum atomic E-state index is 0.739. The Morgan fingerprint density at radius 2 is 0.950 bits per heavy atom. The average molecular weight is 262 g/mol. The SMILES string of the molecule is CCc1c2c(c(CC)c3c1[C@H]1C=C[C@@H]3C1)[C@H]1C=C[C@@H]2C1. The molecule has 0 spiro atoms. The van der Waals surface area contributed by atoms with Gasteiger partial charge in [-0.1, -0.05) is 38.2 Å². The van der Waals surface area contributed by atoms with E-state index < -0.39 is 0 Å². The Bertz CT molecular complexity index is 566. The van der Waals surface area contributed by atoms with Crippen LogP contribution in [0.2, 0.25) is 0 Å². The molecule has 0 aliphatic heterocycles. The molecule has 5 rings (SSSR count). The summed E-state index contributed by atoms with van der Waals surface area (Å²) in [6, 6.07) is 0. The number of rotatable bonds is 2. The molecule has 0 fully saturated rings. The molecular formula is C20H22. The third kappa shape index (κ3) is 1.12. The summed E-state index contributed by atoms with van der Waals surface area (Å²) >= 11 is 0. The molecule has 0 unspecified atom stereocenters. The molecule has 0 aromatic heterocycles. The van der Waals surface area contributed by atoms with Gasteiger partial charge in [0, 0.05) is 23.7 Å². The fourth-order valence-electron chi connectivity index (χ4n) is 5.65. The smallest absolute Gasteiger partial charge is 0.00328 e. The lowest BCUT2D eigenvalue weighted by molar-refractivity contribution is 0.779. The van der Waals surface area contributed by atoms with E-state index in [1.807, 2.05) is 0 Å². The minimum Gasteiger partial charge on any atom is -0.0803 e. The van der Waals surface area contributed by atoms with E-state index in [9.17, 15) is 0 Å². The van der Waals surface area contributed by atoms with E-state index in [1.165, 1.54) is 25.7 Å². The largest absolute Gasteiger partial charge is 0.0803 e. The van der Waals surface area contributed by atoms with Gasteiger partial charge in [-0.15, -0.1) is 0 Å².